The maximum absolute atomic E-state index is 13.1. The van der Waals surface area contributed by atoms with Crippen LogP contribution in [0.15, 0.2) is 66.7 Å². The normalized spacial score (nSPS) is 13.9. The number of methoxy groups -OCH3 is 1. The molecule has 2 heterocycles. The van der Waals surface area contributed by atoms with Crippen molar-refractivity contribution in [2.45, 2.75) is 38.5 Å². The standard InChI is InChI=1S/C29H33N3O3/c1-21-12-13-25(29(34)30-17-14-23-10-6-7-11-26(23)35-2)28(31-21)24-15-18-32(19-16-24)27(33)20-22-8-4-3-5-9-22/h3-13,24H,14-20H2,1-2H3,(H,30,34). The van der Waals surface area contributed by atoms with E-state index in [9.17, 15) is 9.59 Å². The largest absolute Gasteiger partial charge is 0.496 e. The fourth-order valence-electron chi connectivity index (χ4n) is 4.68. The van der Waals surface area contributed by atoms with Gasteiger partial charge in [0.2, 0.25) is 5.91 Å². The highest BCUT2D eigenvalue weighted by Gasteiger charge is 2.28. The molecule has 0 saturated carbocycles. The highest BCUT2D eigenvalue weighted by molar-refractivity contribution is 5.95. The molecule has 6 nitrogen and oxygen atoms in total. The Morgan fingerprint density at radius 2 is 1.71 bits per heavy atom. The highest BCUT2D eigenvalue weighted by Crippen LogP contribution is 2.30. The third-order valence-corrected chi connectivity index (χ3v) is 6.61. The second-order valence-corrected chi connectivity index (χ2v) is 9.02. The molecule has 0 aliphatic carbocycles. The van der Waals surface area contributed by atoms with E-state index in [-0.39, 0.29) is 17.7 Å². The van der Waals surface area contributed by atoms with E-state index in [1.807, 2.05) is 78.6 Å². The van der Waals surface area contributed by atoms with Gasteiger partial charge in [0, 0.05) is 31.2 Å². The number of hydrogen-bond acceptors (Lipinski definition) is 4. The molecule has 1 aromatic heterocycles. The first kappa shape index (κ1) is 24.5. The first-order valence-corrected chi connectivity index (χ1v) is 12.2. The number of carbonyl (C=O) groups excluding carboxylic acids is 2. The van der Waals surface area contributed by atoms with Gasteiger partial charge in [-0.15, -0.1) is 0 Å². The number of piperidine rings is 1. The predicted octanol–water partition coefficient (Wildman–Crippen LogP) is 4.32. The van der Waals surface area contributed by atoms with Crippen molar-refractivity contribution in [1.82, 2.24) is 15.2 Å². The minimum absolute atomic E-state index is 0.106. The number of nitrogens with zero attached hydrogens (tertiary/aromatic N) is 2. The number of amides is 2. The summed E-state index contributed by atoms with van der Waals surface area (Å²) in [5.74, 6) is 1.03. The van der Waals surface area contributed by atoms with Crippen LogP contribution >= 0.6 is 0 Å². The summed E-state index contributed by atoms with van der Waals surface area (Å²) in [6.45, 7) is 3.83. The van der Waals surface area contributed by atoms with Gasteiger partial charge in [-0.3, -0.25) is 14.6 Å². The molecule has 6 heteroatoms. The number of para-hydroxylation sites is 1. The van der Waals surface area contributed by atoms with E-state index in [4.69, 9.17) is 9.72 Å². The van der Waals surface area contributed by atoms with Crippen LogP contribution in [-0.4, -0.2) is 48.4 Å². The number of carbonyl (C=O) groups is 2. The van der Waals surface area contributed by atoms with Crippen molar-refractivity contribution in [1.29, 1.82) is 0 Å². The lowest BCUT2D eigenvalue weighted by atomic mass is 9.89. The van der Waals surface area contributed by atoms with Crippen LogP contribution in [-0.2, 0) is 17.6 Å². The van der Waals surface area contributed by atoms with Crippen molar-refractivity contribution < 1.29 is 14.3 Å². The number of pyridine rings is 1. The number of hydrogen-bond donors (Lipinski definition) is 1. The second-order valence-electron chi connectivity index (χ2n) is 9.02. The minimum atomic E-state index is -0.106. The van der Waals surface area contributed by atoms with Crippen molar-refractivity contribution in [2.24, 2.45) is 0 Å². The molecule has 1 aliphatic heterocycles. The minimum Gasteiger partial charge on any atom is -0.496 e. The zero-order chi connectivity index (χ0) is 24.6. The Morgan fingerprint density at radius 3 is 2.46 bits per heavy atom. The summed E-state index contributed by atoms with van der Waals surface area (Å²) in [6.07, 6.45) is 2.72. The number of aryl methyl sites for hydroxylation is 1. The number of ether oxygens (including phenoxy) is 1. The van der Waals surface area contributed by atoms with Crippen LogP contribution in [0, 0.1) is 6.92 Å². The lowest BCUT2D eigenvalue weighted by Crippen LogP contribution is -2.39. The van der Waals surface area contributed by atoms with E-state index < -0.39 is 0 Å². The Labute approximate surface area is 207 Å². The van der Waals surface area contributed by atoms with E-state index in [1.165, 1.54) is 0 Å². The van der Waals surface area contributed by atoms with Crippen LogP contribution < -0.4 is 10.1 Å². The van der Waals surface area contributed by atoms with E-state index in [1.54, 1.807) is 7.11 Å². The molecule has 4 rings (SSSR count). The molecule has 2 aromatic carbocycles. The van der Waals surface area contributed by atoms with E-state index in [0.717, 1.165) is 41.1 Å². The Kier molecular flexibility index (Phi) is 8.14. The van der Waals surface area contributed by atoms with Gasteiger partial charge in [0.15, 0.2) is 0 Å². The first-order valence-electron chi connectivity index (χ1n) is 12.2. The molecule has 0 spiro atoms. The van der Waals surface area contributed by atoms with Gasteiger partial charge >= 0.3 is 0 Å². The number of aromatic nitrogens is 1. The first-order chi connectivity index (χ1) is 17.0. The quantitative estimate of drug-likeness (QED) is 0.531. The third-order valence-electron chi connectivity index (χ3n) is 6.61. The maximum Gasteiger partial charge on any atom is 0.253 e. The molecule has 1 aliphatic rings. The smallest absolute Gasteiger partial charge is 0.253 e. The summed E-state index contributed by atoms with van der Waals surface area (Å²) in [5.41, 5.74) is 4.46. The van der Waals surface area contributed by atoms with Crippen LogP contribution in [0.1, 0.15) is 51.6 Å². The average Bonchev–Trinajstić information content (AvgIpc) is 2.89. The Balaban J connectivity index is 1.37. The Hall–Kier alpha value is -3.67. The van der Waals surface area contributed by atoms with Gasteiger partial charge in [-0.1, -0.05) is 48.5 Å². The zero-order valence-corrected chi connectivity index (χ0v) is 20.5. The van der Waals surface area contributed by atoms with E-state index >= 15 is 0 Å². The van der Waals surface area contributed by atoms with Crippen molar-refractivity contribution in [3.05, 3.63) is 94.8 Å². The Morgan fingerprint density at radius 1 is 1.00 bits per heavy atom. The lowest BCUT2D eigenvalue weighted by molar-refractivity contribution is -0.131. The van der Waals surface area contributed by atoms with Crippen LogP contribution in [0.25, 0.3) is 0 Å². The van der Waals surface area contributed by atoms with E-state index in [2.05, 4.69) is 5.32 Å². The molecular weight excluding hydrogens is 438 g/mol. The van der Waals surface area contributed by atoms with Gasteiger partial charge in [-0.25, -0.2) is 0 Å². The number of benzene rings is 2. The summed E-state index contributed by atoms with van der Waals surface area (Å²) < 4.78 is 5.41. The van der Waals surface area contributed by atoms with Gasteiger partial charge in [0.1, 0.15) is 5.75 Å². The van der Waals surface area contributed by atoms with Gasteiger partial charge < -0.3 is 15.0 Å². The SMILES string of the molecule is COc1ccccc1CCNC(=O)c1ccc(C)nc1C1CCN(C(=O)Cc2ccccc2)CC1. The van der Waals surface area contributed by atoms with Gasteiger partial charge in [-0.2, -0.15) is 0 Å². The topological polar surface area (TPSA) is 71.5 Å². The molecule has 0 radical (unpaired) electrons. The zero-order valence-electron chi connectivity index (χ0n) is 20.5. The van der Waals surface area contributed by atoms with Gasteiger partial charge in [-0.05, 0) is 55.5 Å². The molecule has 1 saturated heterocycles. The lowest BCUT2D eigenvalue weighted by Gasteiger charge is -2.32. The summed E-state index contributed by atoms with van der Waals surface area (Å²) in [7, 11) is 1.65. The van der Waals surface area contributed by atoms with Crippen molar-refractivity contribution in [3.63, 3.8) is 0 Å². The monoisotopic (exact) mass is 471 g/mol. The molecule has 1 fully saturated rings. The van der Waals surface area contributed by atoms with Crippen LogP contribution in [0.5, 0.6) is 5.75 Å². The molecule has 1 N–H and O–H groups in total. The predicted molar refractivity (Wildman–Crippen MR) is 137 cm³/mol. The molecule has 0 bridgehead atoms. The summed E-state index contributed by atoms with van der Waals surface area (Å²) >= 11 is 0. The molecular formula is C29H33N3O3. The number of nitrogens with one attached hydrogen (secondary N) is 1. The van der Waals surface area contributed by atoms with E-state index in [0.29, 0.717) is 38.0 Å². The number of rotatable bonds is 8. The molecule has 35 heavy (non-hydrogen) atoms. The summed E-state index contributed by atoms with van der Waals surface area (Å²) in [5, 5.41) is 3.05. The fourth-order valence-corrected chi connectivity index (χ4v) is 4.68. The number of likely N-dealkylation sites (tertiary alicyclic amines) is 1. The van der Waals surface area contributed by atoms with Crippen LogP contribution in [0.2, 0.25) is 0 Å². The third kappa shape index (κ3) is 6.27. The molecule has 3 aromatic rings. The van der Waals surface area contributed by atoms with Gasteiger partial charge in [0.25, 0.3) is 5.91 Å². The van der Waals surface area contributed by atoms with Crippen molar-refractivity contribution >= 4 is 11.8 Å². The molecule has 0 unspecified atom stereocenters. The van der Waals surface area contributed by atoms with Crippen molar-refractivity contribution in [2.75, 3.05) is 26.7 Å². The molecule has 182 valence electrons. The fraction of sp³-hybridized carbons (Fsp3) is 0.345. The van der Waals surface area contributed by atoms with Gasteiger partial charge in [0.05, 0.1) is 24.8 Å². The molecule has 2 amide bonds. The van der Waals surface area contributed by atoms with Crippen LogP contribution in [0.4, 0.5) is 0 Å². The summed E-state index contributed by atoms with van der Waals surface area (Å²) in [4.78, 5) is 32.6. The maximum atomic E-state index is 13.1. The highest BCUT2D eigenvalue weighted by atomic mass is 16.5. The second kappa shape index (κ2) is 11.6. The average molecular weight is 472 g/mol. The molecule has 0 atom stereocenters. The summed E-state index contributed by atoms with van der Waals surface area (Å²) in [6, 6.07) is 21.5. The Bertz CT molecular complexity index is 1150. The van der Waals surface area contributed by atoms with Crippen molar-refractivity contribution in [3.8, 4) is 5.75 Å². The van der Waals surface area contributed by atoms with Crippen LogP contribution in [0.3, 0.4) is 0 Å².